The quantitative estimate of drug-likeness (QED) is 0.905. The van der Waals surface area contributed by atoms with Gasteiger partial charge in [0.15, 0.2) is 0 Å². The van der Waals surface area contributed by atoms with E-state index in [1.54, 1.807) is 0 Å². The smallest absolute Gasteiger partial charge is 0.134 e. The maximum atomic E-state index is 6.44. The monoisotopic (exact) mass is 293 g/mol. The Labute approximate surface area is 124 Å². The van der Waals surface area contributed by atoms with Gasteiger partial charge in [0.05, 0.1) is 18.2 Å². The Kier molecular flexibility index (Phi) is 3.53. The molecule has 1 aliphatic heterocycles. The SMILES string of the molecule is CC1OC(C)C(C(N)c2cc3cc(Cl)ccc3o2)C1C. The molecule has 0 aliphatic carbocycles. The lowest BCUT2D eigenvalue weighted by Gasteiger charge is -2.23. The summed E-state index contributed by atoms with van der Waals surface area (Å²) in [5.74, 6) is 1.49. The highest BCUT2D eigenvalue weighted by Crippen LogP contribution is 2.40. The van der Waals surface area contributed by atoms with Crippen molar-refractivity contribution < 1.29 is 9.15 Å². The molecule has 4 heteroatoms. The van der Waals surface area contributed by atoms with Crippen molar-refractivity contribution in [3.8, 4) is 0 Å². The molecule has 0 radical (unpaired) electrons. The zero-order valence-corrected chi connectivity index (χ0v) is 12.7. The van der Waals surface area contributed by atoms with E-state index in [4.69, 9.17) is 26.5 Å². The van der Waals surface area contributed by atoms with Crippen molar-refractivity contribution in [2.75, 3.05) is 0 Å². The molecule has 20 heavy (non-hydrogen) atoms. The Morgan fingerprint density at radius 2 is 1.90 bits per heavy atom. The summed E-state index contributed by atoms with van der Waals surface area (Å²) < 4.78 is 11.8. The van der Waals surface area contributed by atoms with Gasteiger partial charge in [0.1, 0.15) is 11.3 Å². The maximum Gasteiger partial charge on any atom is 0.134 e. The van der Waals surface area contributed by atoms with Crippen LogP contribution in [0.4, 0.5) is 0 Å². The normalized spacial score (nSPS) is 31.9. The molecule has 1 fully saturated rings. The first-order valence-electron chi connectivity index (χ1n) is 7.07. The second-order valence-electron chi connectivity index (χ2n) is 5.84. The molecule has 1 saturated heterocycles. The van der Waals surface area contributed by atoms with Crippen LogP contribution in [0, 0.1) is 11.8 Å². The van der Waals surface area contributed by atoms with Gasteiger partial charge in [-0.25, -0.2) is 0 Å². The minimum atomic E-state index is -0.156. The van der Waals surface area contributed by atoms with Crippen molar-refractivity contribution in [3.05, 3.63) is 35.0 Å². The third-order valence-electron chi connectivity index (χ3n) is 4.56. The van der Waals surface area contributed by atoms with Crippen molar-refractivity contribution in [3.63, 3.8) is 0 Å². The number of halogens is 1. The topological polar surface area (TPSA) is 48.4 Å². The number of rotatable bonds is 2. The Balaban J connectivity index is 1.94. The Hall–Kier alpha value is -1.03. The average molecular weight is 294 g/mol. The highest BCUT2D eigenvalue weighted by molar-refractivity contribution is 6.31. The van der Waals surface area contributed by atoms with Crippen LogP contribution in [0.25, 0.3) is 11.0 Å². The van der Waals surface area contributed by atoms with Crippen LogP contribution < -0.4 is 5.73 Å². The molecule has 5 unspecified atom stereocenters. The third-order valence-corrected chi connectivity index (χ3v) is 4.79. The fraction of sp³-hybridized carbons (Fsp3) is 0.500. The molecule has 1 aromatic heterocycles. The number of hydrogen-bond acceptors (Lipinski definition) is 3. The summed E-state index contributed by atoms with van der Waals surface area (Å²) in [5.41, 5.74) is 7.26. The van der Waals surface area contributed by atoms with Gasteiger partial charge in [-0.2, -0.15) is 0 Å². The van der Waals surface area contributed by atoms with E-state index in [1.165, 1.54) is 0 Å². The van der Waals surface area contributed by atoms with Gasteiger partial charge < -0.3 is 14.9 Å². The van der Waals surface area contributed by atoms with Crippen molar-refractivity contribution in [1.29, 1.82) is 0 Å². The van der Waals surface area contributed by atoms with Crippen molar-refractivity contribution >= 4 is 22.6 Å². The van der Waals surface area contributed by atoms with Crippen LogP contribution in [0.3, 0.4) is 0 Å². The standard InChI is InChI=1S/C16H20ClNO2/c1-8-9(2)19-10(3)15(8)16(18)14-7-11-6-12(17)4-5-13(11)20-14/h4-10,15-16H,18H2,1-3H3. The number of hydrogen-bond donors (Lipinski definition) is 1. The molecule has 1 aliphatic rings. The van der Waals surface area contributed by atoms with E-state index in [1.807, 2.05) is 24.3 Å². The van der Waals surface area contributed by atoms with Crippen LogP contribution in [0.5, 0.6) is 0 Å². The summed E-state index contributed by atoms with van der Waals surface area (Å²) in [7, 11) is 0. The second kappa shape index (κ2) is 5.06. The fourth-order valence-corrected chi connectivity index (χ4v) is 3.48. The molecule has 1 aromatic carbocycles. The Bertz CT molecular complexity index is 624. The number of furan rings is 1. The molecule has 2 N–H and O–H groups in total. The largest absolute Gasteiger partial charge is 0.459 e. The molecule has 3 nitrogen and oxygen atoms in total. The summed E-state index contributed by atoms with van der Waals surface area (Å²) in [4.78, 5) is 0. The summed E-state index contributed by atoms with van der Waals surface area (Å²) in [6, 6.07) is 7.45. The molecule has 0 spiro atoms. The van der Waals surface area contributed by atoms with Crippen LogP contribution in [-0.2, 0) is 4.74 Å². The van der Waals surface area contributed by atoms with Crippen LogP contribution >= 0.6 is 11.6 Å². The Morgan fingerprint density at radius 1 is 1.15 bits per heavy atom. The average Bonchev–Trinajstić information content (AvgIpc) is 2.91. The summed E-state index contributed by atoms with van der Waals surface area (Å²) in [6.45, 7) is 6.38. The molecule has 2 aromatic rings. The van der Waals surface area contributed by atoms with Gasteiger partial charge in [-0.1, -0.05) is 18.5 Å². The lowest BCUT2D eigenvalue weighted by Crippen LogP contribution is -2.30. The van der Waals surface area contributed by atoms with Crippen molar-refractivity contribution in [1.82, 2.24) is 0 Å². The van der Waals surface area contributed by atoms with Crippen LogP contribution in [-0.4, -0.2) is 12.2 Å². The first-order valence-corrected chi connectivity index (χ1v) is 7.45. The Morgan fingerprint density at radius 3 is 2.55 bits per heavy atom. The predicted octanol–water partition coefficient (Wildman–Crippen LogP) is 4.15. The van der Waals surface area contributed by atoms with Gasteiger partial charge in [0.2, 0.25) is 0 Å². The van der Waals surface area contributed by atoms with E-state index >= 15 is 0 Å². The number of nitrogens with two attached hydrogens (primary N) is 1. The molecule has 0 amide bonds. The van der Waals surface area contributed by atoms with Gasteiger partial charge in [-0.05, 0) is 44.0 Å². The molecule has 0 saturated carbocycles. The summed E-state index contributed by atoms with van der Waals surface area (Å²) >= 11 is 6.01. The van der Waals surface area contributed by atoms with Gasteiger partial charge in [0.25, 0.3) is 0 Å². The molecule has 108 valence electrons. The number of fused-ring (bicyclic) bond motifs is 1. The predicted molar refractivity (Wildman–Crippen MR) is 80.8 cm³/mol. The van der Waals surface area contributed by atoms with Gasteiger partial charge >= 0.3 is 0 Å². The van der Waals surface area contributed by atoms with Crippen molar-refractivity contribution in [2.45, 2.75) is 39.0 Å². The zero-order chi connectivity index (χ0) is 14.4. The molecular formula is C16H20ClNO2. The van der Waals surface area contributed by atoms with Crippen molar-refractivity contribution in [2.24, 2.45) is 17.6 Å². The maximum absolute atomic E-state index is 6.44. The summed E-state index contributed by atoms with van der Waals surface area (Å²) in [6.07, 6.45) is 0.381. The van der Waals surface area contributed by atoms with Crippen LogP contribution in [0.15, 0.2) is 28.7 Å². The zero-order valence-electron chi connectivity index (χ0n) is 12.0. The van der Waals surface area contributed by atoms with Gasteiger partial charge in [0, 0.05) is 16.3 Å². The minimum absolute atomic E-state index is 0.145. The number of ether oxygens (including phenoxy) is 1. The highest BCUT2D eigenvalue weighted by Gasteiger charge is 2.41. The molecule has 2 heterocycles. The lowest BCUT2D eigenvalue weighted by atomic mass is 9.83. The van der Waals surface area contributed by atoms with Crippen LogP contribution in [0.2, 0.25) is 5.02 Å². The first kappa shape index (κ1) is 13.9. The highest BCUT2D eigenvalue weighted by atomic mass is 35.5. The summed E-state index contributed by atoms with van der Waals surface area (Å²) in [5, 5.41) is 1.70. The van der Waals surface area contributed by atoms with Gasteiger partial charge in [-0.3, -0.25) is 0 Å². The van der Waals surface area contributed by atoms with E-state index < -0.39 is 0 Å². The molecule has 5 atom stereocenters. The van der Waals surface area contributed by atoms with E-state index in [0.29, 0.717) is 10.9 Å². The van der Waals surface area contributed by atoms with E-state index in [0.717, 1.165) is 16.7 Å². The van der Waals surface area contributed by atoms with E-state index in [9.17, 15) is 0 Å². The fourth-order valence-electron chi connectivity index (χ4n) is 3.30. The lowest BCUT2D eigenvalue weighted by molar-refractivity contribution is 0.0483. The minimum Gasteiger partial charge on any atom is -0.459 e. The second-order valence-corrected chi connectivity index (χ2v) is 6.28. The van der Waals surface area contributed by atoms with Crippen LogP contribution in [0.1, 0.15) is 32.6 Å². The van der Waals surface area contributed by atoms with E-state index in [-0.39, 0.29) is 24.2 Å². The molecule has 3 rings (SSSR count). The molecule has 0 bridgehead atoms. The number of benzene rings is 1. The van der Waals surface area contributed by atoms with Gasteiger partial charge in [-0.15, -0.1) is 0 Å². The third kappa shape index (κ3) is 2.24. The van der Waals surface area contributed by atoms with E-state index in [2.05, 4.69) is 20.8 Å². The molecular weight excluding hydrogens is 274 g/mol. The first-order chi connectivity index (χ1) is 9.47.